The lowest BCUT2D eigenvalue weighted by atomic mass is 10.0. The lowest BCUT2D eigenvalue weighted by molar-refractivity contribution is 0.355. The van der Waals surface area contributed by atoms with E-state index in [2.05, 4.69) is 6.92 Å². The minimum absolute atomic E-state index is 0.585. The summed E-state index contributed by atoms with van der Waals surface area (Å²) in [7, 11) is 8.19. The Labute approximate surface area is 205 Å². The molecule has 0 amide bonds. The molecule has 3 aromatic carbocycles. The second-order valence-corrected chi connectivity index (χ2v) is 7.97. The summed E-state index contributed by atoms with van der Waals surface area (Å²) in [6.45, 7) is 2.66. The van der Waals surface area contributed by atoms with Gasteiger partial charge in [-0.25, -0.2) is 0 Å². The molecule has 0 N–H and O–H groups in total. The molecule has 4 rings (SSSR count). The third-order valence-electron chi connectivity index (χ3n) is 5.99. The van der Waals surface area contributed by atoms with Crippen LogP contribution < -0.4 is 23.7 Å². The largest absolute Gasteiger partial charge is 0.497 e. The van der Waals surface area contributed by atoms with Crippen LogP contribution in [0.3, 0.4) is 0 Å². The van der Waals surface area contributed by atoms with Crippen LogP contribution in [0.2, 0.25) is 0 Å². The molecule has 0 aliphatic heterocycles. The molecule has 0 aliphatic carbocycles. The number of nitrogens with zero attached hydrogens (tertiary/aromatic N) is 2. The second-order valence-electron chi connectivity index (χ2n) is 7.97. The standard InChI is InChI=1S/C28H30N2O5/c1-18-27(20-9-13-23(32-3)25(15-20)34-5)29-30(17-19-7-11-22(31-2)12-8-19)28(18)21-10-14-24(33-4)26(16-21)35-6/h7-16H,17H2,1-6H3. The van der Waals surface area contributed by atoms with Gasteiger partial charge in [0.15, 0.2) is 23.0 Å². The number of ether oxygens (including phenoxy) is 5. The molecule has 0 saturated carbocycles. The van der Waals surface area contributed by atoms with Gasteiger partial charge in [0.05, 0.1) is 53.5 Å². The second kappa shape index (κ2) is 10.4. The summed E-state index contributed by atoms with van der Waals surface area (Å²) in [5.74, 6) is 3.48. The van der Waals surface area contributed by atoms with Crippen LogP contribution >= 0.6 is 0 Å². The molecule has 35 heavy (non-hydrogen) atoms. The fourth-order valence-corrected chi connectivity index (χ4v) is 4.18. The van der Waals surface area contributed by atoms with E-state index < -0.39 is 0 Å². The highest BCUT2D eigenvalue weighted by Gasteiger charge is 2.20. The van der Waals surface area contributed by atoms with Crippen LogP contribution in [0, 0.1) is 6.92 Å². The lowest BCUT2D eigenvalue weighted by Gasteiger charge is -2.13. The van der Waals surface area contributed by atoms with Gasteiger partial charge in [0.2, 0.25) is 0 Å². The predicted molar refractivity (Wildman–Crippen MR) is 136 cm³/mol. The molecule has 0 aliphatic rings. The Kier molecular flexibility index (Phi) is 7.15. The van der Waals surface area contributed by atoms with Crippen LogP contribution in [0.4, 0.5) is 0 Å². The highest BCUT2D eigenvalue weighted by atomic mass is 16.5. The quantitative estimate of drug-likeness (QED) is 0.314. The van der Waals surface area contributed by atoms with Gasteiger partial charge >= 0.3 is 0 Å². The average molecular weight is 475 g/mol. The molecule has 0 atom stereocenters. The maximum absolute atomic E-state index is 5.57. The Morgan fingerprint density at radius 3 is 1.71 bits per heavy atom. The molecule has 1 heterocycles. The third kappa shape index (κ3) is 4.75. The maximum Gasteiger partial charge on any atom is 0.161 e. The molecule has 4 aromatic rings. The van der Waals surface area contributed by atoms with Crippen molar-refractivity contribution in [3.63, 3.8) is 0 Å². The SMILES string of the molecule is COc1ccc(Cn2nc(-c3ccc(OC)c(OC)c3)c(C)c2-c2ccc(OC)c(OC)c2)cc1. The van der Waals surface area contributed by atoms with Crippen LogP contribution in [0.1, 0.15) is 11.1 Å². The normalized spacial score (nSPS) is 10.7. The summed E-state index contributed by atoms with van der Waals surface area (Å²) in [4.78, 5) is 0. The zero-order valence-electron chi connectivity index (χ0n) is 20.9. The van der Waals surface area contributed by atoms with E-state index in [4.69, 9.17) is 28.8 Å². The summed E-state index contributed by atoms with van der Waals surface area (Å²) in [5.41, 5.74) is 5.92. The van der Waals surface area contributed by atoms with Crippen LogP contribution in [0.5, 0.6) is 28.7 Å². The van der Waals surface area contributed by atoms with Crippen LogP contribution in [-0.4, -0.2) is 45.3 Å². The van der Waals surface area contributed by atoms with Crippen molar-refractivity contribution in [3.05, 3.63) is 71.8 Å². The zero-order valence-corrected chi connectivity index (χ0v) is 20.9. The molecular weight excluding hydrogens is 444 g/mol. The number of aromatic nitrogens is 2. The number of methoxy groups -OCH3 is 5. The molecule has 0 spiro atoms. The minimum Gasteiger partial charge on any atom is -0.497 e. The lowest BCUT2D eigenvalue weighted by Crippen LogP contribution is -2.04. The van der Waals surface area contributed by atoms with E-state index in [0.717, 1.165) is 39.4 Å². The molecule has 1 aromatic heterocycles. The van der Waals surface area contributed by atoms with E-state index in [1.165, 1.54) is 0 Å². The van der Waals surface area contributed by atoms with Crippen molar-refractivity contribution in [1.82, 2.24) is 9.78 Å². The molecule has 7 nitrogen and oxygen atoms in total. The number of benzene rings is 3. The predicted octanol–water partition coefficient (Wildman–Crippen LogP) is 5.62. The van der Waals surface area contributed by atoms with Crippen molar-refractivity contribution in [2.45, 2.75) is 13.5 Å². The van der Waals surface area contributed by atoms with E-state index in [1.807, 2.05) is 65.3 Å². The van der Waals surface area contributed by atoms with E-state index >= 15 is 0 Å². The summed E-state index contributed by atoms with van der Waals surface area (Å²) in [5, 5.41) is 5.04. The summed E-state index contributed by atoms with van der Waals surface area (Å²) >= 11 is 0. The fourth-order valence-electron chi connectivity index (χ4n) is 4.18. The molecular formula is C28H30N2O5. The van der Waals surface area contributed by atoms with Gasteiger partial charge in [-0.05, 0) is 61.0 Å². The molecule has 0 radical (unpaired) electrons. The van der Waals surface area contributed by atoms with Gasteiger partial charge in [0.25, 0.3) is 0 Å². The van der Waals surface area contributed by atoms with Gasteiger partial charge in [0.1, 0.15) is 5.75 Å². The highest BCUT2D eigenvalue weighted by Crippen LogP contribution is 2.39. The van der Waals surface area contributed by atoms with E-state index in [0.29, 0.717) is 29.5 Å². The third-order valence-corrected chi connectivity index (χ3v) is 5.99. The van der Waals surface area contributed by atoms with Crippen LogP contribution in [-0.2, 0) is 6.54 Å². The van der Waals surface area contributed by atoms with Crippen molar-refractivity contribution in [2.75, 3.05) is 35.5 Å². The number of hydrogen-bond donors (Lipinski definition) is 0. The minimum atomic E-state index is 0.585. The monoisotopic (exact) mass is 474 g/mol. The Hall–Kier alpha value is -4.13. The highest BCUT2D eigenvalue weighted by molar-refractivity contribution is 5.76. The molecule has 182 valence electrons. The molecule has 0 saturated heterocycles. The summed E-state index contributed by atoms with van der Waals surface area (Å²) < 4.78 is 29.3. The Morgan fingerprint density at radius 2 is 1.17 bits per heavy atom. The smallest absolute Gasteiger partial charge is 0.161 e. The first-order chi connectivity index (χ1) is 17.0. The van der Waals surface area contributed by atoms with Crippen LogP contribution in [0.15, 0.2) is 60.7 Å². The Balaban J connectivity index is 1.87. The van der Waals surface area contributed by atoms with Crippen molar-refractivity contribution in [1.29, 1.82) is 0 Å². The first-order valence-electron chi connectivity index (χ1n) is 11.2. The van der Waals surface area contributed by atoms with Gasteiger partial charge in [-0.2, -0.15) is 5.10 Å². The zero-order chi connectivity index (χ0) is 24.9. The first-order valence-corrected chi connectivity index (χ1v) is 11.2. The van der Waals surface area contributed by atoms with Gasteiger partial charge in [0, 0.05) is 16.7 Å². The van der Waals surface area contributed by atoms with E-state index in [1.54, 1.807) is 35.5 Å². The number of rotatable bonds is 9. The average Bonchev–Trinajstić information content (AvgIpc) is 3.23. The van der Waals surface area contributed by atoms with Crippen molar-refractivity contribution < 1.29 is 23.7 Å². The molecule has 0 bridgehead atoms. The Morgan fingerprint density at radius 1 is 0.629 bits per heavy atom. The fraction of sp³-hybridized carbons (Fsp3) is 0.250. The van der Waals surface area contributed by atoms with Crippen molar-refractivity contribution >= 4 is 0 Å². The molecule has 7 heteroatoms. The maximum atomic E-state index is 5.57. The molecule has 0 fully saturated rings. The topological polar surface area (TPSA) is 64.0 Å². The van der Waals surface area contributed by atoms with Crippen LogP contribution in [0.25, 0.3) is 22.5 Å². The first kappa shape index (κ1) is 24.0. The van der Waals surface area contributed by atoms with Gasteiger partial charge in [-0.1, -0.05) is 12.1 Å². The summed E-state index contributed by atoms with van der Waals surface area (Å²) in [6, 6.07) is 19.8. The summed E-state index contributed by atoms with van der Waals surface area (Å²) in [6.07, 6.45) is 0. The van der Waals surface area contributed by atoms with E-state index in [-0.39, 0.29) is 0 Å². The Bertz CT molecular complexity index is 1310. The molecule has 0 unspecified atom stereocenters. The van der Waals surface area contributed by atoms with Crippen molar-refractivity contribution in [3.8, 4) is 51.3 Å². The number of hydrogen-bond acceptors (Lipinski definition) is 6. The van der Waals surface area contributed by atoms with Gasteiger partial charge in [-0.3, -0.25) is 4.68 Å². The van der Waals surface area contributed by atoms with Crippen molar-refractivity contribution in [2.24, 2.45) is 0 Å². The van der Waals surface area contributed by atoms with E-state index in [9.17, 15) is 0 Å². The van der Waals surface area contributed by atoms with Gasteiger partial charge in [-0.15, -0.1) is 0 Å². The van der Waals surface area contributed by atoms with Gasteiger partial charge < -0.3 is 23.7 Å².